The standard InChI is InChI=1S/C34H33N11.C16H17N7/c1-7-23-14-22(15-35)8-9-26(23)44-34-30(32(40-44)21(4)5)28(11-13-37-34)45-33-29(31(41-45)20(2)3)27(10-12-36-33)43-18-25(38-19-43)24-16-39-42(6)17-24;1-10(2)15-14-13(4-5-17-16(14)21-20-15)23-8-12(18-9-23)11-6-19-22(3)7-11/h8-14,16-21H,7H2,1-6H3;4-10H,1-3H3,(H,17,20,21). The first-order valence-electron chi connectivity index (χ1n) is 22.6. The first-order valence-corrected chi connectivity index (χ1v) is 22.6. The molecule has 1 aromatic carbocycles. The molecule has 340 valence electrons. The molecular formula is C50H50N18. The number of aromatic nitrogens is 17. The van der Waals surface area contributed by atoms with E-state index in [4.69, 9.17) is 20.2 Å². The topological polar surface area (TPSA) is 198 Å². The van der Waals surface area contributed by atoms with Crippen LogP contribution in [0.4, 0.5) is 0 Å². The van der Waals surface area contributed by atoms with Crippen molar-refractivity contribution in [2.75, 3.05) is 0 Å². The molecule has 10 aromatic heterocycles. The first kappa shape index (κ1) is 43.3. The number of aryl methyl sites for hydroxylation is 3. The summed E-state index contributed by atoms with van der Waals surface area (Å²) in [5, 5.41) is 38.7. The molecular weight excluding hydrogens is 853 g/mol. The number of hydrogen-bond donors (Lipinski definition) is 1. The second-order valence-corrected chi connectivity index (χ2v) is 17.7. The van der Waals surface area contributed by atoms with E-state index in [1.807, 2.05) is 125 Å². The van der Waals surface area contributed by atoms with Crippen LogP contribution in [0.15, 0.2) is 105 Å². The highest BCUT2D eigenvalue weighted by atomic mass is 15.3. The van der Waals surface area contributed by atoms with Crippen LogP contribution in [0.3, 0.4) is 0 Å². The van der Waals surface area contributed by atoms with Crippen LogP contribution in [-0.2, 0) is 20.5 Å². The van der Waals surface area contributed by atoms with Gasteiger partial charge in [0.1, 0.15) is 0 Å². The number of H-pyrrole nitrogens is 1. The molecule has 0 aliphatic heterocycles. The van der Waals surface area contributed by atoms with Crippen molar-refractivity contribution >= 4 is 33.1 Å². The van der Waals surface area contributed by atoms with Gasteiger partial charge >= 0.3 is 0 Å². The summed E-state index contributed by atoms with van der Waals surface area (Å²) in [5.41, 5.74) is 14.2. The smallest absolute Gasteiger partial charge is 0.165 e. The van der Waals surface area contributed by atoms with E-state index in [9.17, 15) is 5.26 Å². The molecule has 0 aliphatic carbocycles. The lowest BCUT2D eigenvalue weighted by Gasteiger charge is -2.10. The van der Waals surface area contributed by atoms with E-state index in [1.54, 1.807) is 21.8 Å². The lowest BCUT2D eigenvalue weighted by molar-refractivity contribution is 0.768. The molecule has 10 heterocycles. The molecule has 0 radical (unpaired) electrons. The Labute approximate surface area is 391 Å². The van der Waals surface area contributed by atoms with Crippen LogP contribution in [0, 0.1) is 11.3 Å². The van der Waals surface area contributed by atoms with Gasteiger partial charge in [0, 0.05) is 68.6 Å². The van der Waals surface area contributed by atoms with Crippen LogP contribution in [0.1, 0.15) is 94.4 Å². The molecule has 0 fully saturated rings. The van der Waals surface area contributed by atoms with Gasteiger partial charge in [0.25, 0.3) is 0 Å². The van der Waals surface area contributed by atoms with Gasteiger partial charge in [-0.25, -0.2) is 34.3 Å². The quantitative estimate of drug-likeness (QED) is 0.137. The molecule has 0 saturated heterocycles. The lowest BCUT2D eigenvalue weighted by Crippen LogP contribution is -2.04. The van der Waals surface area contributed by atoms with Crippen molar-refractivity contribution in [3.05, 3.63) is 133 Å². The van der Waals surface area contributed by atoms with Crippen LogP contribution in [0.2, 0.25) is 0 Å². The van der Waals surface area contributed by atoms with Crippen molar-refractivity contribution in [1.82, 2.24) is 83.4 Å². The minimum Gasteiger partial charge on any atom is -0.305 e. The maximum absolute atomic E-state index is 9.50. The van der Waals surface area contributed by atoms with E-state index in [0.29, 0.717) is 11.5 Å². The highest BCUT2D eigenvalue weighted by Gasteiger charge is 2.26. The zero-order valence-electron chi connectivity index (χ0n) is 39.4. The molecule has 1 N–H and O–H groups in total. The monoisotopic (exact) mass is 902 g/mol. The Morgan fingerprint density at radius 2 is 1.10 bits per heavy atom. The van der Waals surface area contributed by atoms with E-state index >= 15 is 0 Å². The SMILES string of the molecule is CC(C)c1n[nH]c2nccc(-n3cnc(-c4cnn(C)c4)c3)c12.CCc1cc(C#N)ccc1-n1nc(C(C)C)c2c(-n3nc(C(C)C)c4c(-n5cnc(-c6cnn(C)c6)c5)ccnc43)ccnc21. The Morgan fingerprint density at radius 3 is 1.62 bits per heavy atom. The van der Waals surface area contributed by atoms with Gasteiger partial charge in [0.2, 0.25) is 0 Å². The number of nitrogens with one attached hydrogen (secondary N) is 1. The minimum absolute atomic E-state index is 0.118. The predicted molar refractivity (Wildman–Crippen MR) is 260 cm³/mol. The molecule has 0 bridgehead atoms. The van der Waals surface area contributed by atoms with E-state index in [2.05, 4.69) is 89.9 Å². The second kappa shape index (κ2) is 17.3. The van der Waals surface area contributed by atoms with Gasteiger partial charge in [-0.1, -0.05) is 48.5 Å². The number of benzene rings is 1. The molecule has 0 unspecified atom stereocenters. The normalized spacial score (nSPS) is 11.8. The second-order valence-electron chi connectivity index (χ2n) is 17.7. The molecule has 0 atom stereocenters. The summed E-state index contributed by atoms with van der Waals surface area (Å²) in [5.74, 6) is 0.563. The molecule has 18 nitrogen and oxygen atoms in total. The molecule has 0 amide bonds. The summed E-state index contributed by atoms with van der Waals surface area (Å²) in [6.07, 6.45) is 21.3. The fourth-order valence-electron chi connectivity index (χ4n) is 8.69. The van der Waals surface area contributed by atoms with Gasteiger partial charge in [-0.2, -0.15) is 30.8 Å². The Hall–Kier alpha value is -8.59. The molecule has 68 heavy (non-hydrogen) atoms. The molecule has 18 heteroatoms. The van der Waals surface area contributed by atoms with E-state index in [0.717, 1.165) is 107 Å². The highest BCUT2D eigenvalue weighted by Crippen LogP contribution is 2.37. The average Bonchev–Trinajstić information content (AvgIpc) is 4.20. The molecule has 11 aromatic rings. The number of aromatic amines is 1. The third kappa shape index (κ3) is 7.56. The van der Waals surface area contributed by atoms with Crippen molar-refractivity contribution in [3.8, 4) is 51.3 Å². The van der Waals surface area contributed by atoms with Crippen LogP contribution in [0.5, 0.6) is 0 Å². The van der Waals surface area contributed by atoms with Crippen LogP contribution >= 0.6 is 0 Å². The van der Waals surface area contributed by atoms with Crippen molar-refractivity contribution in [1.29, 1.82) is 5.26 Å². The van der Waals surface area contributed by atoms with E-state index in [-0.39, 0.29) is 11.8 Å². The average molecular weight is 903 g/mol. The minimum atomic E-state index is 0.118. The largest absolute Gasteiger partial charge is 0.305 e. The first-order chi connectivity index (χ1) is 32.9. The van der Waals surface area contributed by atoms with Gasteiger partial charge in [-0.05, 0) is 66.1 Å². The molecule has 0 saturated carbocycles. The predicted octanol–water partition coefficient (Wildman–Crippen LogP) is 9.09. The summed E-state index contributed by atoms with van der Waals surface area (Å²) in [6, 6.07) is 14.0. The molecule has 0 spiro atoms. The number of imidazole rings is 2. The third-order valence-corrected chi connectivity index (χ3v) is 12.0. The Balaban J connectivity index is 0.000000196. The molecule has 11 rings (SSSR count). The van der Waals surface area contributed by atoms with Gasteiger partial charge in [0.05, 0.1) is 104 Å². The van der Waals surface area contributed by atoms with E-state index in [1.165, 1.54) is 0 Å². The highest BCUT2D eigenvalue weighted by molar-refractivity contribution is 5.94. The van der Waals surface area contributed by atoms with Gasteiger partial charge in [0.15, 0.2) is 16.9 Å². The van der Waals surface area contributed by atoms with E-state index < -0.39 is 0 Å². The van der Waals surface area contributed by atoms with Gasteiger partial charge in [-0.3, -0.25) is 14.5 Å². The third-order valence-electron chi connectivity index (χ3n) is 12.0. The number of fused-ring (bicyclic) bond motifs is 3. The zero-order chi connectivity index (χ0) is 47.4. The van der Waals surface area contributed by atoms with Crippen LogP contribution < -0.4 is 0 Å². The summed E-state index contributed by atoms with van der Waals surface area (Å²) in [4.78, 5) is 23.3. The van der Waals surface area contributed by atoms with Crippen LogP contribution in [-0.4, -0.2) is 83.4 Å². The zero-order valence-corrected chi connectivity index (χ0v) is 39.4. The summed E-state index contributed by atoms with van der Waals surface area (Å²) < 4.78 is 11.4. The van der Waals surface area contributed by atoms with Crippen molar-refractivity contribution in [2.45, 2.75) is 72.6 Å². The summed E-state index contributed by atoms with van der Waals surface area (Å²) in [6.45, 7) is 14.9. The number of hydrogen-bond acceptors (Lipinski definition) is 11. The Bertz CT molecular complexity index is 3670. The number of rotatable bonds is 10. The lowest BCUT2D eigenvalue weighted by atomic mass is 10.1. The van der Waals surface area contributed by atoms with Crippen LogP contribution in [0.25, 0.3) is 78.4 Å². The Morgan fingerprint density at radius 1 is 0.588 bits per heavy atom. The maximum atomic E-state index is 9.50. The maximum Gasteiger partial charge on any atom is 0.165 e. The summed E-state index contributed by atoms with van der Waals surface area (Å²) in [7, 11) is 3.79. The van der Waals surface area contributed by atoms with Crippen molar-refractivity contribution in [3.63, 3.8) is 0 Å². The number of nitrogens with zero attached hydrogens (tertiary/aromatic N) is 17. The van der Waals surface area contributed by atoms with Crippen molar-refractivity contribution in [2.24, 2.45) is 14.1 Å². The summed E-state index contributed by atoms with van der Waals surface area (Å²) >= 11 is 0. The molecule has 0 aliphatic rings. The number of nitriles is 1. The van der Waals surface area contributed by atoms with Gasteiger partial charge < -0.3 is 9.13 Å². The fraction of sp³-hybridized carbons (Fsp3) is 0.260. The Kier molecular flexibility index (Phi) is 11.0. The number of pyridine rings is 3. The van der Waals surface area contributed by atoms with Gasteiger partial charge in [-0.15, -0.1) is 0 Å². The van der Waals surface area contributed by atoms with Crippen molar-refractivity contribution < 1.29 is 0 Å². The fourth-order valence-corrected chi connectivity index (χ4v) is 8.69.